The number of ether oxygens (including phenoxy) is 2. The van der Waals surface area contributed by atoms with Crippen molar-refractivity contribution in [2.45, 2.75) is 6.61 Å². The molecule has 0 fully saturated rings. The van der Waals surface area contributed by atoms with Gasteiger partial charge in [0.2, 0.25) is 5.82 Å². The second kappa shape index (κ2) is 11.1. The van der Waals surface area contributed by atoms with Gasteiger partial charge in [-0.2, -0.15) is 9.78 Å². The molecule has 7 aromatic rings. The molecule has 0 aliphatic rings. The zero-order valence-electron chi connectivity index (χ0n) is 23.0. The van der Waals surface area contributed by atoms with Gasteiger partial charge in [-0.25, -0.2) is 4.98 Å². The molecular weight excluding hydrogens is 562 g/mol. The molecule has 7 nitrogen and oxygen atoms in total. The van der Waals surface area contributed by atoms with Gasteiger partial charge in [0, 0.05) is 5.39 Å². The lowest BCUT2D eigenvalue weighted by Crippen LogP contribution is -2.20. The molecule has 43 heavy (non-hydrogen) atoms. The topological polar surface area (TPSA) is 78.9 Å². The van der Waals surface area contributed by atoms with Gasteiger partial charge in [0.15, 0.2) is 17.3 Å². The predicted octanol–water partition coefficient (Wildman–Crippen LogP) is 8.09. The summed E-state index contributed by atoms with van der Waals surface area (Å²) in [6.07, 6.45) is 1.53. The Bertz CT molecular complexity index is 2200. The van der Waals surface area contributed by atoms with Crippen LogP contribution in [0.4, 0.5) is 0 Å². The van der Waals surface area contributed by atoms with Crippen molar-refractivity contribution in [1.82, 2.24) is 9.66 Å². The second-order valence-electron chi connectivity index (χ2n) is 9.92. The Morgan fingerprint density at radius 2 is 1.63 bits per heavy atom. The molecule has 0 N–H and O–H groups in total. The van der Waals surface area contributed by atoms with Gasteiger partial charge in [-0.3, -0.25) is 4.79 Å². The molecule has 0 saturated heterocycles. The van der Waals surface area contributed by atoms with Crippen molar-refractivity contribution in [1.29, 1.82) is 0 Å². The SMILES string of the molecule is COc1cc(C=Nn2c(-c3cc4ccccc4o3)nc3ccccc3c2=O)cc(Cl)c1OCc1cccc2ccccc12. The first-order valence-corrected chi connectivity index (χ1v) is 14.0. The summed E-state index contributed by atoms with van der Waals surface area (Å²) >= 11 is 6.70. The van der Waals surface area contributed by atoms with Crippen LogP contribution in [0, 0.1) is 0 Å². The Labute approximate surface area is 251 Å². The van der Waals surface area contributed by atoms with Crippen molar-refractivity contribution in [2.24, 2.45) is 5.10 Å². The van der Waals surface area contributed by atoms with Crippen LogP contribution in [0.15, 0.2) is 124 Å². The normalized spacial score (nSPS) is 11.6. The Hall–Kier alpha value is -5.40. The van der Waals surface area contributed by atoms with Crippen LogP contribution in [0.5, 0.6) is 11.5 Å². The first kappa shape index (κ1) is 26.5. The highest BCUT2D eigenvalue weighted by Gasteiger charge is 2.17. The van der Waals surface area contributed by atoms with Gasteiger partial charge in [0.1, 0.15) is 12.2 Å². The van der Waals surface area contributed by atoms with Crippen LogP contribution in [-0.4, -0.2) is 23.0 Å². The Morgan fingerprint density at radius 3 is 2.47 bits per heavy atom. The van der Waals surface area contributed by atoms with Crippen molar-refractivity contribution >= 4 is 50.5 Å². The van der Waals surface area contributed by atoms with E-state index in [0.29, 0.717) is 50.9 Å². The quantitative estimate of drug-likeness (QED) is 0.177. The van der Waals surface area contributed by atoms with Crippen molar-refractivity contribution in [3.05, 3.63) is 136 Å². The maximum Gasteiger partial charge on any atom is 0.282 e. The van der Waals surface area contributed by atoms with Gasteiger partial charge in [-0.1, -0.05) is 84.4 Å². The molecule has 0 radical (unpaired) electrons. The van der Waals surface area contributed by atoms with E-state index in [0.717, 1.165) is 21.7 Å². The minimum Gasteiger partial charge on any atom is -0.493 e. The first-order valence-electron chi connectivity index (χ1n) is 13.6. The average molecular weight is 586 g/mol. The molecule has 0 saturated carbocycles. The Kier molecular flexibility index (Phi) is 6.85. The largest absolute Gasteiger partial charge is 0.493 e. The molecule has 8 heteroatoms. The smallest absolute Gasteiger partial charge is 0.282 e. The Morgan fingerprint density at radius 1 is 0.884 bits per heavy atom. The summed E-state index contributed by atoms with van der Waals surface area (Å²) in [5.74, 6) is 1.57. The highest BCUT2D eigenvalue weighted by atomic mass is 35.5. The lowest BCUT2D eigenvalue weighted by molar-refractivity contribution is 0.286. The van der Waals surface area contributed by atoms with E-state index in [9.17, 15) is 4.79 Å². The predicted molar refractivity (Wildman–Crippen MR) is 170 cm³/mol. The maximum atomic E-state index is 13.6. The number of benzene rings is 5. The number of nitrogens with zero attached hydrogens (tertiary/aromatic N) is 3. The molecule has 0 bridgehead atoms. The van der Waals surface area contributed by atoms with Crippen molar-refractivity contribution in [3.8, 4) is 23.1 Å². The van der Waals surface area contributed by atoms with E-state index in [-0.39, 0.29) is 11.4 Å². The number of fused-ring (bicyclic) bond motifs is 3. The third kappa shape index (κ3) is 5.00. The number of hydrogen-bond acceptors (Lipinski definition) is 6. The van der Waals surface area contributed by atoms with Crippen LogP contribution in [0.1, 0.15) is 11.1 Å². The van der Waals surface area contributed by atoms with Crippen molar-refractivity contribution in [3.63, 3.8) is 0 Å². The monoisotopic (exact) mass is 585 g/mol. The number of methoxy groups -OCH3 is 1. The number of rotatable bonds is 7. The number of furan rings is 1. The summed E-state index contributed by atoms with van der Waals surface area (Å²) < 4.78 is 19.1. The minimum atomic E-state index is -0.328. The lowest BCUT2D eigenvalue weighted by Gasteiger charge is -2.14. The molecule has 2 heterocycles. The Balaban J connectivity index is 1.25. The average Bonchev–Trinajstić information content (AvgIpc) is 3.48. The lowest BCUT2D eigenvalue weighted by atomic mass is 10.1. The van der Waals surface area contributed by atoms with Gasteiger partial charge in [0.25, 0.3) is 5.56 Å². The van der Waals surface area contributed by atoms with Crippen LogP contribution in [0.2, 0.25) is 5.02 Å². The number of para-hydroxylation sites is 2. The van der Waals surface area contributed by atoms with Crippen LogP contribution in [0.25, 0.3) is 44.2 Å². The van der Waals surface area contributed by atoms with Gasteiger partial charge in [-0.15, -0.1) is 0 Å². The highest BCUT2D eigenvalue weighted by molar-refractivity contribution is 6.32. The van der Waals surface area contributed by atoms with Crippen LogP contribution >= 0.6 is 11.6 Å². The van der Waals surface area contributed by atoms with E-state index in [4.69, 9.17) is 30.5 Å². The van der Waals surface area contributed by atoms with E-state index in [1.165, 1.54) is 10.9 Å². The molecule has 0 aliphatic carbocycles. The van der Waals surface area contributed by atoms with Crippen LogP contribution in [-0.2, 0) is 6.61 Å². The maximum absolute atomic E-state index is 13.6. The summed E-state index contributed by atoms with van der Waals surface area (Å²) in [7, 11) is 1.55. The van der Waals surface area contributed by atoms with E-state index in [1.807, 2.05) is 60.7 Å². The molecular formula is C35H24ClN3O4. The summed E-state index contributed by atoms with van der Waals surface area (Å²) in [6.45, 7) is 0.309. The number of hydrogen-bond donors (Lipinski definition) is 0. The number of aromatic nitrogens is 2. The van der Waals surface area contributed by atoms with E-state index in [2.05, 4.69) is 23.3 Å². The molecule has 5 aromatic carbocycles. The third-order valence-corrected chi connectivity index (χ3v) is 7.51. The zero-order valence-corrected chi connectivity index (χ0v) is 23.8. The minimum absolute atomic E-state index is 0.282. The van der Waals surface area contributed by atoms with Gasteiger partial charge >= 0.3 is 0 Å². The molecule has 0 amide bonds. The number of halogens is 1. The zero-order chi connectivity index (χ0) is 29.3. The van der Waals surface area contributed by atoms with Crippen LogP contribution < -0.4 is 15.0 Å². The van der Waals surface area contributed by atoms with E-state index in [1.54, 1.807) is 37.4 Å². The summed E-state index contributed by atoms with van der Waals surface area (Å²) in [5.41, 5.74) is 2.54. The van der Waals surface area contributed by atoms with Gasteiger partial charge in [-0.05, 0) is 58.3 Å². The second-order valence-corrected chi connectivity index (χ2v) is 10.3. The molecule has 210 valence electrons. The summed E-state index contributed by atoms with van der Waals surface area (Å²) in [6, 6.07) is 34.3. The molecule has 0 unspecified atom stereocenters. The summed E-state index contributed by atoms with van der Waals surface area (Å²) in [5, 5.41) is 8.47. The van der Waals surface area contributed by atoms with Crippen molar-refractivity contribution in [2.75, 3.05) is 7.11 Å². The van der Waals surface area contributed by atoms with Gasteiger partial charge < -0.3 is 13.9 Å². The first-order chi connectivity index (χ1) is 21.1. The fourth-order valence-corrected chi connectivity index (χ4v) is 5.40. The molecule has 0 aliphatic heterocycles. The van der Waals surface area contributed by atoms with Crippen LogP contribution in [0.3, 0.4) is 0 Å². The highest BCUT2D eigenvalue weighted by Crippen LogP contribution is 2.37. The molecule has 7 rings (SSSR count). The standard InChI is InChI=1S/C35H24ClN3O4/c1-41-31-18-22(17-28(36)33(31)42-21-25-12-8-11-23-9-2-4-13-26(23)25)20-37-39-34(32-19-24-10-3-7-16-30(24)43-32)38-29-15-6-5-14-27(29)35(39)40/h2-20H,21H2,1H3. The fraction of sp³-hybridized carbons (Fsp3) is 0.0571. The van der Waals surface area contributed by atoms with Gasteiger partial charge in [0.05, 0.1) is 29.2 Å². The molecule has 0 atom stereocenters. The molecule has 2 aromatic heterocycles. The summed E-state index contributed by atoms with van der Waals surface area (Å²) in [4.78, 5) is 18.4. The molecule has 0 spiro atoms. The third-order valence-electron chi connectivity index (χ3n) is 7.23. The van der Waals surface area contributed by atoms with E-state index >= 15 is 0 Å². The fourth-order valence-electron chi connectivity index (χ4n) is 5.13. The van der Waals surface area contributed by atoms with E-state index < -0.39 is 0 Å². The van der Waals surface area contributed by atoms with Crippen molar-refractivity contribution < 1.29 is 13.9 Å².